The van der Waals surface area contributed by atoms with Crippen LogP contribution < -0.4 is 5.32 Å². The lowest BCUT2D eigenvalue weighted by atomic mass is 10.1. The molecule has 1 N–H and O–H groups in total. The van der Waals surface area contributed by atoms with Crippen molar-refractivity contribution in [2.75, 3.05) is 31.6 Å². The van der Waals surface area contributed by atoms with Crippen LogP contribution in [0.1, 0.15) is 11.6 Å². The summed E-state index contributed by atoms with van der Waals surface area (Å²) >= 11 is 0. The molecular formula is C20H22N6O4S. The van der Waals surface area contributed by atoms with Gasteiger partial charge in [0, 0.05) is 25.2 Å². The molecule has 1 aromatic heterocycles. The first-order chi connectivity index (χ1) is 15.0. The number of aromatic nitrogens is 4. The minimum absolute atomic E-state index is 0.120. The Morgan fingerprint density at radius 1 is 1.10 bits per heavy atom. The van der Waals surface area contributed by atoms with Crippen molar-refractivity contribution in [3.63, 3.8) is 0 Å². The summed E-state index contributed by atoms with van der Waals surface area (Å²) in [6, 6.07) is 15.0. The molecule has 1 amide bonds. The van der Waals surface area contributed by atoms with Gasteiger partial charge in [-0.1, -0.05) is 36.4 Å². The lowest BCUT2D eigenvalue weighted by Gasteiger charge is -2.26. The molecular weight excluding hydrogens is 420 g/mol. The van der Waals surface area contributed by atoms with Crippen LogP contribution in [0.5, 0.6) is 0 Å². The number of hydrogen-bond acceptors (Lipinski definition) is 7. The molecule has 1 aliphatic rings. The summed E-state index contributed by atoms with van der Waals surface area (Å²) in [5.74, 6) is -0.350. The van der Waals surface area contributed by atoms with Crippen LogP contribution >= 0.6 is 0 Å². The quantitative estimate of drug-likeness (QED) is 0.582. The average Bonchev–Trinajstić information content (AvgIpc) is 3.33. The van der Waals surface area contributed by atoms with Gasteiger partial charge in [0.25, 0.3) is 0 Å². The average molecular weight is 443 g/mol. The lowest BCUT2D eigenvalue weighted by molar-refractivity contribution is -0.119. The smallest absolute Gasteiger partial charge is 0.249 e. The highest BCUT2D eigenvalue weighted by atomic mass is 32.2. The number of amides is 1. The summed E-state index contributed by atoms with van der Waals surface area (Å²) in [7, 11) is -3.67. The van der Waals surface area contributed by atoms with Gasteiger partial charge in [0.1, 0.15) is 12.4 Å². The Kier molecular flexibility index (Phi) is 6.35. The van der Waals surface area contributed by atoms with E-state index in [1.54, 1.807) is 12.1 Å². The second kappa shape index (κ2) is 9.33. The van der Waals surface area contributed by atoms with Crippen molar-refractivity contribution < 1.29 is 17.9 Å². The van der Waals surface area contributed by atoms with Crippen LogP contribution in [0.3, 0.4) is 0 Å². The zero-order chi connectivity index (χ0) is 21.7. The van der Waals surface area contributed by atoms with Crippen molar-refractivity contribution in [3.05, 3.63) is 66.5 Å². The number of carbonyl (C=O) groups is 1. The Bertz CT molecular complexity index is 1120. The number of ether oxygens (including phenoxy) is 1. The van der Waals surface area contributed by atoms with Crippen molar-refractivity contribution in [2.45, 2.75) is 17.4 Å². The molecule has 1 atom stereocenters. The van der Waals surface area contributed by atoms with Crippen LogP contribution in [0.2, 0.25) is 0 Å². The van der Waals surface area contributed by atoms with E-state index in [4.69, 9.17) is 4.74 Å². The van der Waals surface area contributed by atoms with E-state index >= 15 is 0 Å². The highest BCUT2D eigenvalue weighted by Crippen LogP contribution is 2.22. The maximum atomic E-state index is 13.1. The van der Waals surface area contributed by atoms with E-state index in [1.165, 1.54) is 27.4 Å². The van der Waals surface area contributed by atoms with Crippen molar-refractivity contribution >= 4 is 21.6 Å². The molecule has 2 aromatic carbocycles. The van der Waals surface area contributed by atoms with Crippen LogP contribution in [0.25, 0.3) is 0 Å². The number of anilines is 1. The third kappa shape index (κ3) is 4.95. The van der Waals surface area contributed by atoms with E-state index in [2.05, 4.69) is 20.8 Å². The van der Waals surface area contributed by atoms with Gasteiger partial charge in [-0.3, -0.25) is 4.79 Å². The molecule has 162 valence electrons. The molecule has 0 radical (unpaired) electrons. The number of sulfonamides is 1. The Labute approximate surface area is 179 Å². The highest BCUT2D eigenvalue weighted by molar-refractivity contribution is 7.89. The number of carbonyl (C=O) groups excluding carboxylic acids is 1. The third-order valence-electron chi connectivity index (χ3n) is 4.97. The summed E-state index contributed by atoms with van der Waals surface area (Å²) in [6.45, 7) is 1.33. The van der Waals surface area contributed by atoms with Crippen LogP contribution in [0.4, 0.5) is 5.69 Å². The van der Waals surface area contributed by atoms with Crippen LogP contribution in [0, 0.1) is 0 Å². The molecule has 3 aromatic rings. The zero-order valence-electron chi connectivity index (χ0n) is 16.7. The number of benzene rings is 2. The van der Waals surface area contributed by atoms with Crippen LogP contribution in [-0.2, 0) is 26.0 Å². The molecule has 0 spiro atoms. The maximum absolute atomic E-state index is 13.1. The maximum Gasteiger partial charge on any atom is 0.249 e. The second-order valence-corrected chi connectivity index (χ2v) is 8.97. The zero-order valence-corrected chi connectivity index (χ0v) is 17.5. The molecule has 2 heterocycles. The molecule has 10 nitrogen and oxygen atoms in total. The lowest BCUT2D eigenvalue weighted by Crippen LogP contribution is -2.40. The summed E-state index contributed by atoms with van der Waals surface area (Å²) < 4.78 is 33.8. The Morgan fingerprint density at radius 2 is 1.87 bits per heavy atom. The standard InChI is InChI=1S/C20H22N6O4S/c27-20(19(26-15-21-23-24-26)13-16-5-2-1-3-6-16)22-17-7-4-8-18(14-17)31(28,29)25-9-11-30-12-10-25/h1-8,14-15,19H,9-13H2,(H,22,27). The molecule has 1 fully saturated rings. The predicted molar refractivity (Wildman–Crippen MR) is 112 cm³/mol. The minimum Gasteiger partial charge on any atom is -0.379 e. The number of hydrogen-bond donors (Lipinski definition) is 1. The largest absolute Gasteiger partial charge is 0.379 e. The number of nitrogens with one attached hydrogen (secondary N) is 1. The summed E-state index contributed by atoms with van der Waals surface area (Å²) in [4.78, 5) is 13.2. The van der Waals surface area contributed by atoms with E-state index in [0.29, 0.717) is 38.4 Å². The van der Waals surface area contributed by atoms with Crippen LogP contribution in [-0.4, -0.2) is 65.1 Å². The summed E-state index contributed by atoms with van der Waals surface area (Å²) in [5, 5.41) is 13.9. The number of morpholine rings is 1. The Morgan fingerprint density at radius 3 is 2.58 bits per heavy atom. The van der Waals surface area contributed by atoms with Crippen molar-refractivity contribution in [1.82, 2.24) is 24.5 Å². The summed E-state index contributed by atoms with van der Waals surface area (Å²) in [5.41, 5.74) is 1.33. The van der Waals surface area contributed by atoms with Crippen molar-refractivity contribution in [1.29, 1.82) is 0 Å². The first-order valence-electron chi connectivity index (χ1n) is 9.79. The van der Waals surface area contributed by atoms with Gasteiger partial charge < -0.3 is 10.1 Å². The third-order valence-corrected chi connectivity index (χ3v) is 6.86. The van der Waals surface area contributed by atoms with Gasteiger partial charge in [0.2, 0.25) is 15.9 Å². The van der Waals surface area contributed by atoms with Gasteiger partial charge in [-0.05, 0) is 34.2 Å². The molecule has 1 saturated heterocycles. The van der Waals surface area contributed by atoms with E-state index in [9.17, 15) is 13.2 Å². The van der Waals surface area contributed by atoms with Gasteiger partial charge in [0.15, 0.2) is 0 Å². The van der Waals surface area contributed by atoms with E-state index in [1.807, 2.05) is 30.3 Å². The van der Waals surface area contributed by atoms with Crippen molar-refractivity contribution in [3.8, 4) is 0 Å². The molecule has 31 heavy (non-hydrogen) atoms. The van der Waals surface area contributed by atoms with E-state index in [0.717, 1.165) is 5.56 Å². The number of nitrogens with zero attached hydrogens (tertiary/aromatic N) is 5. The van der Waals surface area contributed by atoms with Gasteiger partial charge in [0.05, 0.1) is 18.1 Å². The second-order valence-electron chi connectivity index (χ2n) is 7.03. The van der Waals surface area contributed by atoms with Gasteiger partial charge in [-0.25, -0.2) is 13.1 Å². The highest BCUT2D eigenvalue weighted by Gasteiger charge is 2.27. The normalized spacial score (nSPS) is 16.0. The topological polar surface area (TPSA) is 119 Å². The SMILES string of the molecule is O=C(Nc1cccc(S(=O)(=O)N2CCOCC2)c1)C(Cc1ccccc1)n1cnnn1. The molecule has 11 heteroatoms. The van der Waals surface area contributed by atoms with Crippen molar-refractivity contribution in [2.24, 2.45) is 0 Å². The number of tetrazole rings is 1. The van der Waals surface area contributed by atoms with Gasteiger partial charge in [-0.15, -0.1) is 5.10 Å². The fourth-order valence-corrected chi connectivity index (χ4v) is 4.81. The van der Waals surface area contributed by atoms with Gasteiger partial charge in [-0.2, -0.15) is 4.31 Å². The van der Waals surface area contributed by atoms with Gasteiger partial charge >= 0.3 is 0 Å². The first-order valence-corrected chi connectivity index (χ1v) is 11.2. The Balaban J connectivity index is 1.54. The molecule has 0 aliphatic carbocycles. The minimum atomic E-state index is -3.67. The number of rotatable bonds is 7. The first kappa shape index (κ1) is 21.1. The predicted octanol–water partition coefficient (Wildman–Crippen LogP) is 1.12. The molecule has 0 bridgehead atoms. The molecule has 0 saturated carbocycles. The van der Waals surface area contributed by atoms with E-state index < -0.39 is 16.1 Å². The molecule has 1 aliphatic heterocycles. The monoisotopic (exact) mass is 442 g/mol. The Hall–Kier alpha value is -3.15. The molecule has 4 rings (SSSR count). The molecule has 1 unspecified atom stereocenters. The fourth-order valence-electron chi connectivity index (χ4n) is 3.35. The summed E-state index contributed by atoms with van der Waals surface area (Å²) in [6.07, 6.45) is 1.76. The van der Waals surface area contributed by atoms with Crippen LogP contribution in [0.15, 0.2) is 65.8 Å². The fraction of sp³-hybridized carbons (Fsp3) is 0.300. The van der Waals surface area contributed by atoms with E-state index in [-0.39, 0.29) is 10.8 Å².